The van der Waals surface area contributed by atoms with Gasteiger partial charge in [-0.05, 0) is 18.6 Å². The highest BCUT2D eigenvalue weighted by molar-refractivity contribution is 6.31. The van der Waals surface area contributed by atoms with Gasteiger partial charge in [-0.25, -0.2) is 4.39 Å². The van der Waals surface area contributed by atoms with Gasteiger partial charge in [0.25, 0.3) is 0 Å². The predicted octanol–water partition coefficient (Wildman–Crippen LogP) is 3.12. The summed E-state index contributed by atoms with van der Waals surface area (Å²) >= 11 is 5.80. The lowest BCUT2D eigenvalue weighted by Gasteiger charge is -2.12. The maximum Gasteiger partial charge on any atom is 0.132 e. The van der Waals surface area contributed by atoms with Crippen LogP contribution >= 0.6 is 24.0 Å². The summed E-state index contributed by atoms with van der Waals surface area (Å²) in [6.45, 7) is 1.63. The summed E-state index contributed by atoms with van der Waals surface area (Å²) in [6, 6.07) is 4.40. The van der Waals surface area contributed by atoms with Crippen molar-refractivity contribution in [2.24, 2.45) is 5.73 Å². The lowest BCUT2D eigenvalue weighted by atomic mass is 10.0. The average molecular weight is 249 g/mol. The quantitative estimate of drug-likeness (QED) is 0.875. The van der Waals surface area contributed by atoms with Gasteiger partial charge in [0.2, 0.25) is 0 Å². The molecule has 0 aromatic heterocycles. The van der Waals surface area contributed by atoms with Crippen LogP contribution < -0.4 is 5.73 Å². The van der Waals surface area contributed by atoms with E-state index in [1.807, 2.05) is 6.07 Å². The van der Waals surface area contributed by atoms with Crippen LogP contribution in [0.2, 0.25) is 5.02 Å². The Kier molecular flexibility index (Phi) is 5.59. The second-order valence-corrected chi connectivity index (χ2v) is 3.47. The third-order valence-electron chi connectivity index (χ3n) is 2.00. The van der Waals surface area contributed by atoms with Crippen LogP contribution in [0.3, 0.4) is 0 Å². The fraction of sp³-hybridized carbons (Fsp3) is 0.300. The number of nitrogens with two attached hydrogens (primary N) is 1. The number of aryl methyl sites for hydroxylation is 1. The normalized spacial score (nSPS) is 11.4. The molecule has 0 fully saturated rings. The zero-order chi connectivity index (χ0) is 10.7. The molecule has 15 heavy (non-hydrogen) atoms. The molecular weight excluding hydrogens is 238 g/mol. The first kappa shape index (κ1) is 14.2. The first-order valence-electron chi connectivity index (χ1n) is 4.15. The SMILES string of the molecule is Cc1ccc(Cl)c([C@H](N)CC#N)c1F.Cl. The van der Waals surface area contributed by atoms with Gasteiger partial charge in [0.05, 0.1) is 12.5 Å². The lowest BCUT2D eigenvalue weighted by Crippen LogP contribution is -2.12. The molecule has 2 N–H and O–H groups in total. The molecular formula is C10H11Cl2FN2. The molecule has 82 valence electrons. The van der Waals surface area contributed by atoms with Crippen LogP contribution in [0, 0.1) is 24.1 Å². The van der Waals surface area contributed by atoms with Crippen LogP contribution in [0.1, 0.15) is 23.6 Å². The molecule has 0 heterocycles. The Morgan fingerprint density at radius 1 is 1.60 bits per heavy atom. The lowest BCUT2D eigenvalue weighted by molar-refractivity contribution is 0.577. The summed E-state index contributed by atoms with van der Waals surface area (Å²) in [5.41, 5.74) is 6.34. The summed E-state index contributed by atoms with van der Waals surface area (Å²) in [4.78, 5) is 0. The average Bonchev–Trinajstić information content (AvgIpc) is 2.13. The number of nitrogens with zero attached hydrogens (tertiary/aromatic N) is 1. The van der Waals surface area contributed by atoms with Crippen molar-refractivity contribution in [3.8, 4) is 6.07 Å². The molecule has 5 heteroatoms. The van der Waals surface area contributed by atoms with Gasteiger partial charge in [0, 0.05) is 16.6 Å². The molecule has 0 saturated carbocycles. The molecule has 0 spiro atoms. The van der Waals surface area contributed by atoms with E-state index >= 15 is 0 Å². The van der Waals surface area contributed by atoms with Crippen LogP contribution in [0.5, 0.6) is 0 Å². The van der Waals surface area contributed by atoms with Crippen molar-refractivity contribution in [1.29, 1.82) is 5.26 Å². The predicted molar refractivity (Wildman–Crippen MR) is 60.6 cm³/mol. The zero-order valence-corrected chi connectivity index (χ0v) is 9.70. The van der Waals surface area contributed by atoms with Gasteiger partial charge in [-0.1, -0.05) is 17.7 Å². The van der Waals surface area contributed by atoms with Crippen LogP contribution in [0.4, 0.5) is 4.39 Å². The van der Waals surface area contributed by atoms with Gasteiger partial charge in [-0.3, -0.25) is 0 Å². The molecule has 0 unspecified atom stereocenters. The number of hydrogen-bond donors (Lipinski definition) is 1. The van der Waals surface area contributed by atoms with Crippen LogP contribution in [0.15, 0.2) is 12.1 Å². The Morgan fingerprint density at radius 3 is 2.73 bits per heavy atom. The number of halogens is 3. The molecule has 0 amide bonds. The summed E-state index contributed by atoms with van der Waals surface area (Å²) in [5, 5.41) is 8.73. The number of rotatable bonds is 2. The molecule has 0 aliphatic rings. The van der Waals surface area contributed by atoms with E-state index in [2.05, 4.69) is 0 Å². The van der Waals surface area contributed by atoms with Crippen molar-refractivity contribution in [2.45, 2.75) is 19.4 Å². The maximum absolute atomic E-state index is 13.6. The molecule has 0 aliphatic heterocycles. The molecule has 1 atom stereocenters. The molecule has 0 radical (unpaired) electrons. The van der Waals surface area contributed by atoms with E-state index in [0.717, 1.165) is 0 Å². The minimum atomic E-state index is -0.660. The van der Waals surface area contributed by atoms with Crippen molar-refractivity contribution < 1.29 is 4.39 Å². The fourth-order valence-corrected chi connectivity index (χ4v) is 1.50. The Balaban J connectivity index is 0.00000196. The molecule has 0 bridgehead atoms. The third-order valence-corrected chi connectivity index (χ3v) is 2.33. The summed E-state index contributed by atoms with van der Waals surface area (Å²) in [6.07, 6.45) is 0.0556. The van der Waals surface area contributed by atoms with Gasteiger partial charge in [0.15, 0.2) is 0 Å². The standard InChI is InChI=1S/C10H10ClFN2.ClH/c1-6-2-3-7(11)9(10(6)12)8(14)4-5-13;/h2-3,8H,4,14H2,1H3;1H/t8-;/m1./s1. The molecule has 1 rings (SSSR count). The van der Waals surface area contributed by atoms with Crippen LogP contribution in [-0.2, 0) is 0 Å². The van der Waals surface area contributed by atoms with Crippen molar-refractivity contribution >= 4 is 24.0 Å². The van der Waals surface area contributed by atoms with Gasteiger partial charge in [-0.2, -0.15) is 5.26 Å². The number of hydrogen-bond acceptors (Lipinski definition) is 2. The second-order valence-electron chi connectivity index (χ2n) is 3.06. The van der Waals surface area contributed by atoms with Gasteiger partial charge in [0.1, 0.15) is 5.82 Å². The Hall–Kier alpha value is -0.820. The highest BCUT2D eigenvalue weighted by Crippen LogP contribution is 2.28. The summed E-state index contributed by atoms with van der Waals surface area (Å²) in [7, 11) is 0. The van der Waals surface area contributed by atoms with Crippen LogP contribution in [0.25, 0.3) is 0 Å². The van der Waals surface area contributed by atoms with E-state index < -0.39 is 11.9 Å². The largest absolute Gasteiger partial charge is 0.323 e. The van der Waals surface area contributed by atoms with Gasteiger partial charge >= 0.3 is 0 Å². The first-order chi connectivity index (χ1) is 6.57. The van der Waals surface area contributed by atoms with Crippen molar-refractivity contribution in [2.75, 3.05) is 0 Å². The minimum absolute atomic E-state index is 0. The Labute approximate surface area is 99.2 Å². The van der Waals surface area contributed by atoms with E-state index in [1.165, 1.54) is 0 Å². The zero-order valence-electron chi connectivity index (χ0n) is 8.13. The van der Waals surface area contributed by atoms with E-state index in [1.54, 1.807) is 19.1 Å². The Bertz CT molecular complexity index is 388. The monoisotopic (exact) mass is 248 g/mol. The van der Waals surface area contributed by atoms with Gasteiger partial charge in [-0.15, -0.1) is 12.4 Å². The smallest absolute Gasteiger partial charge is 0.132 e. The molecule has 0 saturated heterocycles. The molecule has 1 aromatic rings. The van der Waals surface area contributed by atoms with E-state index in [-0.39, 0.29) is 29.4 Å². The number of benzene rings is 1. The summed E-state index contributed by atoms with van der Waals surface area (Å²) in [5.74, 6) is -0.416. The van der Waals surface area contributed by atoms with E-state index in [4.69, 9.17) is 22.6 Å². The fourth-order valence-electron chi connectivity index (χ4n) is 1.22. The van der Waals surface area contributed by atoms with Crippen molar-refractivity contribution in [1.82, 2.24) is 0 Å². The highest BCUT2D eigenvalue weighted by Gasteiger charge is 2.16. The van der Waals surface area contributed by atoms with Crippen molar-refractivity contribution in [3.63, 3.8) is 0 Å². The van der Waals surface area contributed by atoms with Crippen molar-refractivity contribution in [3.05, 3.63) is 34.1 Å². The van der Waals surface area contributed by atoms with Gasteiger partial charge < -0.3 is 5.73 Å². The second kappa shape index (κ2) is 5.92. The highest BCUT2D eigenvalue weighted by atomic mass is 35.5. The maximum atomic E-state index is 13.6. The molecule has 0 aliphatic carbocycles. The topological polar surface area (TPSA) is 49.8 Å². The van der Waals surface area contributed by atoms with Crippen LogP contribution in [-0.4, -0.2) is 0 Å². The third kappa shape index (κ3) is 3.07. The van der Waals surface area contributed by atoms with E-state index in [9.17, 15) is 4.39 Å². The first-order valence-corrected chi connectivity index (χ1v) is 4.52. The minimum Gasteiger partial charge on any atom is -0.323 e. The summed E-state index contributed by atoms with van der Waals surface area (Å²) < 4.78 is 13.6. The molecule has 2 nitrogen and oxygen atoms in total. The number of nitriles is 1. The van der Waals surface area contributed by atoms with E-state index in [0.29, 0.717) is 5.56 Å². The Morgan fingerprint density at radius 2 is 2.20 bits per heavy atom. The molecule has 1 aromatic carbocycles.